The molecular formula is C14H13Cl3N2. The summed E-state index contributed by atoms with van der Waals surface area (Å²) in [7, 11) is 0. The third-order valence-electron chi connectivity index (χ3n) is 2.85. The lowest BCUT2D eigenvalue weighted by Gasteiger charge is -2.10. The molecule has 2 nitrogen and oxygen atoms in total. The van der Waals surface area contributed by atoms with Crippen molar-refractivity contribution in [3.05, 3.63) is 62.4 Å². The van der Waals surface area contributed by atoms with Crippen LogP contribution in [0.4, 0.5) is 0 Å². The van der Waals surface area contributed by atoms with Crippen LogP contribution in [-0.2, 0) is 13.1 Å². The Kier molecular flexibility index (Phi) is 5.06. The van der Waals surface area contributed by atoms with Crippen molar-refractivity contribution in [2.75, 3.05) is 0 Å². The van der Waals surface area contributed by atoms with Crippen LogP contribution in [0.3, 0.4) is 0 Å². The van der Waals surface area contributed by atoms with Gasteiger partial charge in [0.05, 0.1) is 15.7 Å². The highest BCUT2D eigenvalue weighted by atomic mass is 35.5. The zero-order valence-electron chi connectivity index (χ0n) is 10.4. The Morgan fingerprint density at radius 3 is 2.53 bits per heavy atom. The van der Waals surface area contributed by atoms with Gasteiger partial charge in [-0.1, -0.05) is 40.9 Å². The Hall–Kier alpha value is -0.800. The van der Waals surface area contributed by atoms with Crippen LogP contribution >= 0.6 is 34.8 Å². The van der Waals surface area contributed by atoms with E-state index in [1.807, 2.05) is 19.1 Å². The molecule has 0 saturated carbocycles. The van der Waals surface area contributed by atoms with Crippen LogP contribution < -0.4 is 5.32 Å². The number of nitrogens with zero attached hydrogens (tertiary/aromatic N) is 1. The highest BCUT2D eigenvalue weighted by Gasteiger charge is 2.09. The number of nitrogens with one attached hydrogen (secondary N) is 1. The minimum atomic E-state index is 0.499. The van der Waals surface area contributed by atoms with E-state index in [0.29, 0.717) is 28.2 Å². The monoisotopic (exact) mass is 314 g/mol. The second kappa shape index (κ2) is 6.58. The van der Waals surface area contributed by atoms with Crippen LogP contribution in [-0.4, -0.2) is 4.98 Å². The number of halogens is 3. The number of hydrogen-bond acceptors (Lipinski definition) is 2. The Balaban J connectivity index is 2.04. The summed E-state index contributed by atoms with van der Waals surface area (Å²) >= 11 is 18.2. The van der Waals surface area contributed by atoms with E-state index in [9.17, 15) is 0 Å². The number of pyridine rings is 1. The summed E-state index contributed by atoms with van der Waals surface area (Å²) in [5.74, 6) is 0. The van der Waals surface area contributed by atoms with Crippen molar-refractivity contribution in [3.8, 4) is 0 Å². The van der Waals surface area contributed by atoms with Gasteiger partial charge in [-0.3, -0.25) is 4.98 Å². The molecule has 100 valence electrons. The van der Waals surface area contributed by atoms with E-state index in [0.717, 1.165) is 16.8 Å². The number of benzene rings is 1. The molecule has 0 aliphatic rings. The van der Waals surface area contributed by atoms with E-state index in [4.69, 9.17) is 34.8 Å². The van der Waals surface area contributed by atoms with E-state index in [1.54, 1.807) is 18.3 Å². The molecule has 2 rings (SSSR count). The van der Waals surface area contributed by atoms with Gasteiger partial charge in [0.25, 0.3) is 0 Å². The average Bonchev–Trinajstić information content (AvgIpc) is 2.40. The lowest BCUT2D eigenvalue weighted by Crippen LogP contribution is -2.15. The minimum absolute atomic E-state index is 0.499. The van der Waals surface area contributed by atoms with Gasteiger partial charge in [0, 0.05) is 29.9 Å². The van der Waals surface area contributed by atoms with Crippen molar-refractivity contribution in [2.45, 2.75) is 20.0 Å². The first kappa shape index (κ1) is 14.6. The summed E-state index contributed by atoms with van der Waals surface area (Å²) in [6.07, 6.45) is 1.78. The largest absolute Gasteiger partial charge is 0.307 e. The van der Waals surface area contributed by atoms with E-state index in [1.165, 1.54) is 0 Å². The van der Waals surface area contributed by atoms with Gasteiger partial charge in [0.15, 0.2) is 0 Å². The topological polar surface area (TPSA) is 24.9 Å². The molecule has 0 atom stereocenters. The van der Waals surface area contributed by atoms with Crippen molar-refractivity contribution in [1.29, 1.82) is 0 Å². The maximum Gasteiger partial charge on any atom is 0.0652 e. The fraction of sp³-hybridized carbons (Fsp3) is 0.214. The number of rotatable bonds is 4. The summed E-state index contributed by atoms with van der Waals surface area (Å²) in [5, 5.41) is 4.90. The molecule has 2 aromatic rings. The molecule has 1 heterocycles. The van der Waals surface area contributed by atoms with E-state index in [2.05, 4.69) is 10.3 Å². The standard InChI is InChI=1S/C14H13Cl3N2/c1-9-3-2-6-19-13(9)8-18-7-10-11(15)4-5-12(16)14(10)17/h2-6,18H,7-8H2,1H3. The van der Waals surface area contributed by atoms with Crippen LogP contribution in [0, 0.1) is 6.92 Å². The van der Waals surface area contributed by atoms with Crippen LogP contribution in [0.2, 0.25) is 15.1 Å². The fourth-order valence-electron chi connectivity index (χ4n) is 1.74. The quantitative estimate of drug-likeness (QED) is 0.831. The van der Waals surface area contributed by atoms with Gasteiger partial charge in [-0.05, 0) is 30.7 Å². The van der Waals surface area contributed by atoms with Gasteiger partial charge >= 0.3 is 0 Å². The molecule has 0 fully saturated rings. The molecule has 0 unspecified atom stereocenters. The zero-order chi connectivity index (χ0) is 13.8. The van der Waals surface area contributed by atoms with Gasteiger partial charge < -0.3 is 5.32 Å². The summed E-state index contributed by atoms with van der Waals surface area (Å²) in [6, 6.07) is 7.39. The molecule has 0 saturated heterocycles. The molecule has 0 amide bonds. The molecule has 0 aliphatic heterocycles. The highest BCUT2D eigenvalue weighted by Crippen LogP contribution is 2.31. The fourth-order valence-corrected chi connectivity index (χ4v) is 2.42. The molecule has 0 radical (unpaired) electrons. The van der Waals surface area contributed by atoms with Crippen LogP contribution in [0.5, 0.6) is 0 Å². The van der Waals surface area contributed by atoms with E-state index < -0.39 is 0 Å². The SMILES string of the molecule is Cc1cccnc1CNCc1c(Cl)ccc(Cl)c1Cl. The van der Waals surface area contributed by atoms with Crippen LogP contribution in [0.25, 0.3) is 0 Å². The van der Waals surface area contributed by atoms with Crippen molar-refractivity contribution >= 4 is 34.8 Å². The molecule has 1 N–H and O–H groups in total. The predicted octanol–water partition coefficient (Wildman–Crippen LogP) is 4.64. The third kappa shape index (κ3) is 3.61. The van der Waals surface area contributed by atoms with Crippen molar-refractivity contribution < 1.29 is 0 Å². The summed E-state index contributed by atoms with van der Waals surface area (Å²) in [6.45, 7) is 3.24. The molecule has 19 heavy (non-hydrogen) atoms. The summed E-state index contributed by atoms with van der Waals surface area (Å²) in [4.78, 5) is 4.32. The van der Waals surface area contributed by atoms with Crippen molar-refractivity contribution in [1.82, 2.24) is 10.3 Å². The smallest absolute Gasteiger partial charge is 0.0652 e. The summed E-state index contributed by atoms with van der Waals surface area (Å²) in [5.41, 5.74) is 2.97. The molecule has 0 aliphatic carbocycles. The lowest BCUT2D eigenvalue weighted by atomic mass is 10.2. The Labute approximate surface area is 127 Å². The van der Waals surface area contributed by atoms with E-state index in [-0.39, 0.29) is 0 Å². The van der Waals surface area contributed by atoms with Crippen molar-refractivity contribution in [3.63, 3.8) is 0 Å². The maximum absolute atomic E-state index is 6.14. The number of hydrogen-bond donors (Lipinski definition) is 1. The van der Waals surface area contributed by atoms with Gasteiger partial charge in [-0.25, -0.2) is 0 Å². The molecular weight excluding hydrogens is 303 g/mol. The van der Waals surface area contributed by atoms with Gasteiger partial charge in [-0.2, -0.15) is 0 Å². The predicted molar refractivity (Wildman–Crippen MR) is 81.0 cm³/mol. The Morgan fingerprint density at radius 1 is 1.05 bits per heavy atom. The second-order valence-corrected chi connectivity index (χ2v) is 5.38. The Morgan fingerprint density at radius 2 is 1.79 bits per heavy atom. The second-order valence-electron chi connectivity index (χ2n) is 4.19. The van der Waals surface area contributed by atoms with Gasteiger partial charge in [0.2, 0.25) is 0 Å². The zero-order valence-corrected chi connectivity index (χ0v) is 12.6. The first-order valence-electron chi connectivity index (χ1n) is 5.83. The van der Waals surface area contributed by atoms with E-state index >= 15 is 0 Å². The maximum atomic E-state index is 6.14. The molecule has 1 aromatic heterocycles. The van der Waals surface area contributed by atoms with Crippen LogP contribution in [0.15, 0.2) is 30.5 Å². The molecule has 0 bridgehead atoms. The average molecular weight is 316 g/mol. The van der Waals surface area contributed by atoms with Crippen LogP contribution in [0.1, 0.15) is 16.8 Å². The Bertz CT molecular complexity index is 585. The van der Waals surface area contributed by atoms with Crippen molar-refractivity contribution in [2.24, 2.45) is 0 Å². The molecule has 1 aromatic carbocycles. The normalized spacial score (nSPS) is 10.7. The molecule has 0 spiro atoms. The van der Waals surface area contributed by atoms with Gasteiger partial charge in [-0.15, -0.1) is 0 Å². The first-order valence-corrected chi connectivity index (χ1v) is 6.96. The molecule has 5 heteroatoms. The highest BCUT2D eigenvalue weighted by molar-refractivity contribution is 6.44. The summed E-state index contributed by atoms with van der Waals surface area (Å²) < 4.78 is 0. The number of aryl methyl sites for hydroxylation is 1. The van der Waals surface area contributed by atoms with Gasteiger partial charge in [0.1, 0.15) is 0 Å². The number of aromatic nitrogens is 1. The third-order valence-corrected chi connectivity index (χ3v) is 4.05. The minimum Gasteiger partial charge on any atom is -0.307 e. The lowest BCUT2D eigenvalue weighted by molar-refractivity contribution is 0.676. The first-order chi connectivity index (χ1) is 9.09.